The predicted molar refractivity (Wildman–Crippen MR) is 160 cm³/mol. The first-order valence-electron chi connectivity index (χ1n) is 14.0. The second-order valence-electron chi connectivity index (χ2n) is 10.4. The van der Waals surface area contributed by atoms with Gasteiger partial charge in [-0.15, -0.1) is 0 Å². The van der Waals surface area contributed by atoms with Crippen LogP contribution in [0.3, 0.4) is 0 Å². The minimum absolute atomic E-state index is 0.164. The third kappa shape index (κ3) is 6.83. The van der Waals surface area contributed by atoms with Crippen LogP contribution in [0.15, 0.2) is 97.1 Å². The van der Waals surface area contributed by atoms with E-state index in [0.717, 1.165) is 28.7 Å². The Balaban J connectivity index is 1.38. The predicted octanol–water partition coefficient (Wildman–Crippen LogP) is 6.67. The molecule has 0 saturated carbocycles. The molecule has 6 nitrogen and oxygen atoms in total. The van der Waals surface area contributed by atoms with Crippen LogP contribution < -0.4 is 18.9 Å². The Hall–Kier alpha value is -4.45. The van der Waals surface area contributed by atoms with Crippen molar-refractivity contribution in [3.05, 3.63) is 119 Å². The zero-order chi connectivity index (χ0) is 28.6. The van der Waals surface area contributed by atoms with Gasteiger partial charge in [0.1, 0.15) is 6.61 Å². The smallest absolute Gasteiger partial charge is 0.226 e. The second kappa shape index (κ2) is 13.3. The van der Waals surface area contributed by atoms with E-state index in [1.54, 1.807) is 21.3 Å². The summed E-state index contributed by atoms with van der Waals surface area (Å²) in [5, 5.41) is 0. The molecular formula is C35H37NO5. The lowest BCUT2D eigenvalue weighted by Gasteiger charge is -2.38. The van der Waals surface area contributed by atoms with Crippen LogP contribution in [0.25, 0.3) is 0 Å². The molecule has 0 aliphatic carbocycles. The minimum Gasteiger partial charge on any atom is -0.493 e. The highest BCUT2D eigenvalue weighted by Gasteiger charge is 2.35. The van der Waals surface area contributed by atoms with Crippen molar-refractivity contribution in [3.8, 4) is 23.0 Å². The number of likely N-dealkylation sites (tertiary alicyclic amines) is 1. The Bertz CT molecular complexity index is 1440. The molecule has 0 N–H and O–H groups in total. The summed E-state index contributed by atoms with van der Waals surface area (Å²) in [6, 6.07) is 32.3. The molecule has 4 aromatic rings. The highest BCUT2D eigenvalue weighted by Crippen LogP contribution is 2.38. The summed E-state index contributed by atoms with van der Waals surface area (Å²) in [7, 11) is 4.94. The maximum Gasteiger partial charge on any atom is 0.226 e. The maximum absolute atomic E-state index is 13.8. The van der Waals surface area contributed by atoms with Crippen LogP contribution in [0.1, 0.15) is 34.6 Å². The molecule has 0 unspecified atom stereocenters. The molecule has 0 radical (unpaired) electrons. The third-order valence-corrected chi connectivity index (χ3v) is 7.71. The Morgan fingerprint density at radius 1 is 0.683 bits per heavy atom. The normalized spacial score (nSPS) is 16.8. The number of carbonyl (C=O) groups is 1. The molecule has 1 amide bonds. The number of rotatable bonds is 11. The van der Waals surface area contributed by atoms with E-state index < -0.39 is 0 Å². The molecule has 1 heterocycles. The van der Waals surface area contributed by atoms with Crippen LogP contribution in [-0.2, 0) is 24.4 Å². The number of methoxy groups -OCH3 is 3. The number of carbonyl (C=O) groups excluding carboxylic acids is 1. The Labute approximate surface area is 242 Å². The number of benzene rings is 4. The number of ether oxygens (including phenoxy) is 4. The van der Waals surface area contributed by atoms with E-state index in [-0.39, 0.29) is 17.7 Å². The number of hydrogen-bond donors (Lipinski definition) is 0. The first-order chi connectivity index (χ1) is 20.1. The van der Waals surface area contributed by atoms with Crippen LogP contribution in [0.4, 0.5) is 0 Å². The molecule has 1 saturated heterocycles. The van der Waals surface area contributed by atoms with Gasteiger partial charge < -0.3 is 23.8 Å². The minimum atomic E-state index is -0.175. The quantitative estimate of drug-likeness (QED) is 0.209. The van der Waals surface area contributed by atoms with E-state index in [0.29, 0.717) is 49.1 Å². The van der Waals surface area contributed by atoms with Gasteiger partial charge in [-0.05, 0) is 59.4 Å². The summed E-state index contributed by atoms with van der Waals surface area (Å²) in [5.41, 5.74) is 4.39. The summed E-state index contributed by atoms with van der Waals surface area (Å²) in [5.74, 6) is 2.91. The van der Waals surface area contributed by atoms with Gasteiger partial charge in [0.2, 0.25) is 5.91 Å². The number of nitrogens with zero attached hydrogens (tertiary/aromatic N) is 1. The van der Waals surface area contributed by atoms with Crippen molar-refractivity contribution < 1.29 is 23.7 Å². The Kier molecular flexibility index (Phi) is 9.09. The van der Waals surface area contributed by atoms with Crippen molar-refractivity contribution in [3.63, 3.8) is 0 Å². The topological polar surface area (TPSA) is 57.2 Å². The fraction of sp³-hybridized carbons (Fsp3) is 0.286. The molecule has 2 atom stereocenters. The van der Waals surface area contributed by atoms with Gasteiger partial charge in [-0.25, -0.2) is 0 Å². The lowest BCUT2D eigenvalue weighted by Crippen LogP contribution is -2.44. The van der Waals surface area contributed by atoms with E-state index in [1.807, 2.05) is 83.8 Å². The molecule has 0 bridgehead atoms. The van der Waals surface area contributed by atoms with Crippen molar-refractivity contribution in [2.75, 3.05) is 27.9 Å². The molecule has 212 valence electrons. The highest BCUT2D eigenvalue weighted by atomic mass is 16.5. The molecule has 1 fully saturated rings. The van der Waals surface area contributed by atoms with Gasteiger partial charge >= 0.3 is 0 Å². The average Bonchev–Trinajstić information content (AvgIpc) is 3.02. The standard InChI is InChI=1S/C35H37NO5/c1-38-31-17-15-28(21-34(31)40-3)30-20-29(35(37)36(23-30)22-25-10-6-4-7-11-25)18-27-14-16-32(33(19-27)39-2)41-24-26-12-8-5-9-13-26/h4-17,19,21,29-30H,18,20,22-24H2,1-3H3/t29-,30+/m0/s1. The molecule has 6 heteroatoms. The van der Waals surface area contributed by atoms with Crippen LogP contribution in [-0.4, -0.2) is 38.7 Å². The molecule has 0 aromatic heterocycles. The van der Waals surface area contributed by atoms with Gasteiger partial charge in [0, 0.05) is 24.9 Å². The van der Waals surface area contributed by atoms with E-state index in [9.17, 15) is 4.79 Å². The van der Waals surface area contributed by atoms with Crippen LogP contribution in [0, 0.1) is 5.92 Å². The Morgan fingerprint density at radius 2 is 1.32 bits per heavy atom. The first-order valence-corrected chi connectivity index (χ1v) is 14.0. The molecule has 4 aromatic carbocycles. The van der Waals surface area contributed by atoms with Gasteiger partial charge in [-0.3, -0.25) is 4.79 Å². The van der Waals surface area contributed by atoms with Gasteiger partial charge in [-0.1, -0.05) is 72.8 Å². The number of amides is 1. The monoisotopic (exact) mass is 551 g/mol. The second-order valence-corrected chi connectivity index (χ2v) is 10.4. The van der Waals surface area contributed by atoms with E-state index in [4.69, 9.17) is 18.9 Å². The van der Waals surface area contributed by atoms with E-state index in [1.165, 1.54) is 0 Å². The van der Waals surface area contributed by atoms with Gasteiger partial charge in [0.05, 0.1) is 21.3 Å². The molecule has 41 heavy (non-hydrogen) atoms. The summed E-state index contributed by atoms with van der Waals surface area (Å²) < 4.78 is 22.8. The fourth-order valence-corrected chi connectivity index (χ4v) is 5.58. The van der Waals surface area contributed by atoms with Crippen LogP contribution in [0.5, 0.6) is 23.0 Å². The molecule has 5 rings (SSSR count). The van der Waals surface area contributed by atoms with Gasteiger partial charge in [-0.2, -0.15) is 0 Å². The van der Waals surface area contributed by atoms with Gasteiger partial charge in [0.15, 0.2) is 23.0 Å². The first kappa shape index (κ1) is 28.1. The highest BCUT2D eigenvalue weighted by molar-refractivity contribution is 5.80. The van der Waals surface area contributed by atoms with Crippen LogP contribution in [0.2, 0.25) is 0 Å². The zero-order valence-corrected chi connectivity index (χ0v) is 23.9. The summed E-state index contributed by atoms with van der Waals surface area (Å²) >= 11 is 0. The fourth-order valence-electron chi connectivity index (χ4n) is 5.58. The summed E-state index contributed by atoms with van der Waals surface area (Å²) in [6.45, 7) is 1.68. The molecule has 1 aliphatic rings. The van der Waals surface area contributed by atoms with Gasteiger partial charge in [0.25, 0.3) is 0 Å². The average molecular weight is 552 g/mol. The summed E-state index contributed by atoms with van der Waals surface area (Å²) in [6.07, 6.45) is 1.36. The van der Waals surface area contributed by atoms with Crippen molar-refractivity contribution in [1.82, 2.24) is 4.90 Å². The molecule has 1 aliphatic heterocycles. The number of piperidine rings is 1. The van der Waals surface area contributed by atoms with E-state index in [2.05, 4.69) is 18.2 Å². The molecular weight excluding hydrogens is 514 g/mol. The SMILES string of the molecule is COc1ccc([C@@H]2C[C@H](Cc3ccc(OCc4ccccc4)c(OC)c3)C(=O)N(Cc3ccccc3)C2)cc1OC. The van der Waals surface area contributed by atoms with Crippen molar-refractivity contribution in [2.24, 2.45) is 5.92 Å². The third-order valence-electron chi connectivity index (χ3n) is 7.71. The number of hydrogen-bond acceptors (Lipinski definition) is 5. The molecule has 0 spiro atoms. The lowest BCUT2D eigenvalue weighted by atomic mass is 9.81. The summed E-state index contributed by atoms with van der Waals surface area (Å²) in [4.78, 5) is 15.8. The van der Waals surface area contributed by atoms with Crippen molar-refractivity contribution in [1.29, 1.82) is 0 Å². The lowest BCUT2D eigenvalue weighted by molar-refractivity contribution is -0.139. The largest absolute Gasteiger partial charge is 0.493 e. The van der Waals surface area contributed by atoms with E-state index >= 15 is 0 Å². The maximum atomic E-state index is 13.8. The Morgan fingerprint density at radius 3 is 2.00 bits per heavy atom. The van der Waals surface area contributed by atoms with Crippen molar-refractivity contribution in [2.45, 2.75) is 31.9 Å². The van der Waals surface area contributed by atoms with Crippen LogP contribution >= 0.6 is 0 Å². The van der Waals surface area contributed by atoms with Crippen molar-refractivity contribution >= 4 is 5.91 Å². The zero-order valence-electron chi connectivity index (χ0n) is 23.9.